The van der Waals surface area contributed by atoms with Crippen LogP contribution in [0.25, 0.3) is 10.8 Å². The van der Waals surface area contributed by atoms with E-state index in [2.05, 4.69) is 5.09 Å². The van der Waals surface area contributed by atoms with Crippen molar-refractivity contribution in [2.75, 3.05) is 0 Å². The zero-order valence-electron chi connectivity index (χ0n) is 15.7. The molecule has 0 saturated carbocycles. The molecule has 2 unspecified atom stereocenters. The van der Waals surface area contributed by atoms with Gasteiger partial charge < -0.3 is 9.26 Å². The average molecular weight is 398 g/mol. The highest BCUT2D eigenvalue weighted by Gasteiger charge is 2.39. The molecule has 26 heavy (non-hydrogen) atoms. The topological polar surface area (TPSA) is 64.6 Å². The number of nitrogens with one attached hydrogen (secondary N) is 1. The van der Waals surface area contributed by atoms with E-state index in [-0.39, 0.29) is 12.1 Å². The fraction of sp³-hybridized carbons (Fsp3) is 0.421. The standard InChI is InChI=1S/C19H25ClNO4P/c1-13(2)24-18(22)14(3)19(4,5)21-26(20,23)25-17-12-8-10-15-9-6-7-11-16(15)17/h6-14H,1-5H3,(H,21,23). The number of carbonyl (C=O) groups is 1. The van der Waals surface area contributed by atoms with Gasteiger partial charge in [0.1, 0.15) is 5.75 Å². The predicted molar refractivity (Wildman–Crippen MR) is 106 cm³/mol. The SMILES string of the molecule is CC(C)OC(=O)C(C)C(C)(C)NP(=O)(Cl)Oc1cccc2ccccc12. The first-order valence-electron chi connectivity index (χ1n) is 8.49. The maximum atomic E-state index is 12.9. The third kappa shape index (κ3) is 5.23. The van der Waals surface area contributed by atoms with Crippen molar-refractivity contribution >= 4 is 34.9 Å². The molecule has 2 aromatic rings. The molecule has 0 aromatic heterocycles. The van der Waals surface area contributed by atoms with Gasteiger partial charge in [0.05, 0.1) is 12.0 Å². The van der Waals surface area contributed by atoms with Crippen LogP contribution in [-0.2, 0) is 14.1 Å². The summed E-state index contributed by atoms with van der Waals surface area (Å²) in [5.41, 5.74) is -0.895. The van der Waals surface area contributed by atoms with Crippen molar-refractivity contribution in [1.82, 2.24) is 5.09 Å². The van der Waals surface area contributed by atoms with Gasteiger partial charge in [-0.25, -0.2) is 9.65 Å². The van der Waals surface area contributed by atoms with Crippen molar-refractivity contribution < 1.29 is 18.6 Å². The Labute approximate surface area is 159 Å². The van der Waals surface area contributed by atoms with E-state index >= 15 is 0 Å². The third-order valence-electron chi connectivity index (χ3n) is 4.18. The Morgan fingerprint density at radius 3 is 2.38 bits per heavy atom. The van der Waals surface area contributed by atoms with E-state index in [4.69, 9.17) is 20.5 Å². The van der Waals surface area contributed by atoms with Crippen LogP contribution in [0.1, 0.15) is 34.6 Å². The van der Waals surface area contributed by atoms with Crippen molar-refractivity contribution in [3.8, 4) is 5.75 Å². The Kier molecular flexibility index (Phi) is 6.38. The molecule has 0 saturated heterocycles. The maximum absolute atomic E-state index is 12.9. The van der Waals surface area contributed by atoms with Gasteiger partial charge in [-0.05, 0) is 39.1 Å². The van der Waals surface area contributed by atoms with Crippen LogP contribution in [0.15, 0.2) is 42.5 Å². The molecule has 7 heteroatoms. The summed E-state index contributed by atoms with van der Waals surface area (Å²) < 4.78 is 23.7. The van der Waals surface area contributed by atoms with Gasteiger partial charge in [0.2, 0.25) is 0 Å². The number of halogens is 1. The van der Waals surface area contributed by atoms with Crippen molar-refractivity contribution in [3.05, 3.63) is 42.5 Å². The summed E-state index contributed by atoms with van der Waals surface area (Å²) in [7, 11) is 0. The van der Waals surface area contributed by atoms with Crippen LogP contribution in [0.2, 0.25) is 0 Å². The second-order valence-electron chi connectivity index (χ2n) is 7.09. The van der Waals surface area contributed by atoms with E-state index in [0.29, 0.717) is 5.75 Å². The highest BCUT2D eigenvalue weighted by Crippen LogP contribution is 2.51. The molecule has 0 heterocycles. The minimum Gasteiger partial charge on any atom is -0.463 e. The Balaban J connectivity index is 2.19. The Morgan fingerprint density at radius 2 is 1.73 bits per heavy atom. The molecular weight excluding hydrogens is 373 g/mol. The molecule has 0 aliphatic heterocycles. The monoisotopic (exact) mass is 397 g/mol. The summed E-state index contributed by atoms with van der Waals surface area (Å²) in [6, 6.07) is 13.0. The fourth-order valence-electron chi connectivity index (χ4n) is 2.49. The lowest BCUT2D eigenvalue weighted by Crippen LogP contribution is -2.47. The van der Waals surface area contributed by atoms with Gasteiger partial charge in [-0.15, -0.1) is 0 Å². The molecule has 2 rings (SSSR count). The van der Waals surface area contributed by atoms with Crippen molar-refractivity contribution in [3.63, 3.8) is 0 Å². The van der Waals surface area contributed by atoms with Crippen LogP contribution in [0.5, 0.6) is 5.75 Å². The van der Waals surface area contributed by atoms with Gasteiger partial charge in [0, 0.05) is 22.2 Å². The second kappa shape index (κ2) is 7.99. The smallest absolute Gasteiger partial charge is 0.409 e. The van der Waals surface area contributed by atoms with Crippen LogP contribution in [0.3, 0.4) is 0 Å². The van der Waals surface area contributed by atoms with E-state index in [1.54, 1.807) is 40.7 Å². The van der Waals surface area contributed by atoms with Crippen LogP contribution in [0, 0.1) is 5.92 Å². The van der Waals surface area contributed by atoms with Gasteiger partial charge in [-0.3, -0.25) is 4.79 Å². The molecule has 142 valence electrons. The highest BCUT2D eigenvalue weighted by molar-refractivity contribution is 7.84. The number of esters is 1. The first kappa shape index (κ1) is 20.8. The second-order valence-corrected chi connectivity index (χ2v) is 9.79. The first-order valence-corrected chi connectivity index (χ1v) is 11.0. The number of benzene rings is 2. The number of hydrogen-bond acceptors (Lipinski definition) is 4. The van der Waals surface area contributed by atoms with Crippen LogP contribution >= 0.6 is 18.1 Å². The number of rotatable bonds is 7. The van der Waals surface area contributed by atoms with E-state index in [0.717, 1.165) is 10.8 Å². The minimum atomic E-state index is -3.75. The Morgan fingerprint density at radius 1 is 1.12 bits per heavy atom. The number of fused-ring (bicyclic) bond motifs is 1. The summed E-state index contributed by atoms with van der Waals surface area (Å²) in [5, 5.41) is 4.56. The maximum Gasteiger partial charge on any atom is 0.409 e. The van der Waals surface area contributed by atoms with Gasteiger partial charge >= 0.3 is 12.8 Å². The summed E-state index contributed by atoms with van der Waals surface area (Å²) in [5.74, 6) is -0.547. The average Bonchev–Trinajstić information content (AvgIpc) is 2.52. The van der Waals surface area contributed by atoms with Crippen molar-refractivity contribution in [1.29, 1.82) is 0 Å². The zero-order valence-corrected chi connectivity index (χ0v) is 17.3. The Bertz CT molecular complexity index is 832. The summed E-state index contributed by atoms with van der Waals surface area (Å²) in [4.78, 5) is 12.2. The van der Waals surface area contributed by atoms with Crippen molar-refractivity contribution in [2.24, 2.45) is 5.92 Å². The molecule has 0 aliphatic rings. The number of carbonyl (C=O) groups excluding carboxylic acids is 1. The van der Waals surface area contributed by atoms with Crippen LogP contribution in [-0.4, -0.2) is 17.6 Å². The van der Waals surface area contributed by atoms with E-state index < -0.39 is 18.3 Å². The molecule has 5 nitrogen and oxygen atoms in total. The van der Waals surface area contributed by atoms with E-state index in [1.807, 2.05) is 36.4 Å². The molecule has 0 fully saturated rings. The summed E-state index contributed by atoms with van der Waals surface area (Å²) in [6.07, 6.45) is -0.226. The van der Waals surface area contributed by atoms with E-state index in [1.165, 1.54) is 0 Å². The molecule has 0 radical (unpaired) electrons. The minimum absolute atomic E-state index is 0.226. The quantitative estimate of drug-likeness (QED) is 0.492. The number of ether oxygens (including phenoxy) is 1. The molecule has 0 spiro atoms. The molecule has 1 N–H and O–H groups in total. The van der Waals surface area contributed by atoms with Crippen LogP contribution in [0.4, 0.5) is 0 Å². The largest absolute Gasteiger partial charge is 0.463 e. The molecule has 2 aromatic carbocycles. The molecular formula is C19H25ClNO4P. The normalized spacial score (nSPS) is 15.5. The predicted octanol–water partition coefficient (Wildman–Crippen LogP) is 5.52. The lowest BCUT2D eigenvalue weighted by molar-refractivity contribution is -0.153. The highest BCUT2D eigenvalue weighted by atomic mass is 35.7. The molecule has 2 atom stereocenters. The first-order chi connectivity index (χ1) is 12.0. The molecule has 0 aliphatic carbocycles. The third-order valence-corrected chi connectivity index (χ3v) is 5.91. The molecule has 0 amide bonds. The molecule has 0 bridgehead atoms. The van der Waals surface area contributed by atoms with Crippen molar-refractivity contribution in [2.45, 2.75) is 46.3 Å². The van der Waals surface area contributed by atoms with E-state index in [9.17, 15) is 9.36 Å². The fourth-order valence-corrected chi connectivity index (χ4v) is 4.71. The Hall–Kier alpha value is -1.55. The van der Waals surface area contributed by atoms with Gasteiger partial charge in [-0.1, -0.05) is 43.3 Å². The van der Waals surface area contributed by atoms with Gasteiger partial charge in [0.25, 0.3) is 0 Å². The van der Waals surface area contributed by atoms with Gasteiger partial charge in [-0.2, -0.15) is 0 Å². The zero-order chi connectivity index (χ0) is 19.5. The lowest BCUT2D eigenvalue weighted by atomic mass is 9.90. The summed E-state index contributed by atoms with van der Waals surface area (Å²) in [6.45, 7) is 4.98. The lowest BCUT2D eigenvalue weighted by Gasteiger charge is -2.33. The van der Waals surface area contributed by atoms with Gasteiger partial charge in [0.15, 0.2) is 0 Å². The number of hydrogen-bond donors (Lipinski definition) is 1. The summed E-state index contributed by atoms with van der Waals surface area (Å²) >= 11 is 6.18. The van der Waals surface area contributed by atoms with Crippen LogP contribution < -0.4 is 9.61 Å².